The molecule has 0 unspecified atom stereocenters. The van der Waals surface area contributed by atoms with Crippen LogP contribution in [-0.4, -0.2) is 31.7 Å². The number of hydrogen-bond acceptors (Lipinski definition) is 3. The van der Waals surface area contributed by atoms with Crippen LogP contribution in [0.25, 0.3) is 0 Å². The Morgan fingerprint density at radius 3 is 2.42 bits per heavy atom. The number of sulfonamides is 1. The van der Waals surface area contributed by atoms with Gasteiger partial charge in [0.15, 0.2) is 0 Å². The molecule has 0 aliphatic carbocycles. The van der Waals surface area contributed by atoms with E-state index in [0.29, 0.717) is 24.7 Å². The van der Waals surface area contributed by atoms with E-state index in [1.165, 1.54) is 40.7 Å². The summed E-state index contributed by atoms with van der Waals surface area (Å²) in [6.45, 7) is 3.11. The third kappa shape index (κ3) is 4.11. The van der Waals surface area contributed by atoms with Crippen LogP contribution in [-0.2, 0) is 10.0 Å². The fraction of sp³-hybridized carbons (Fsp3) is 0.316. The minimum absolute atomic E-state index is 0.110. The van der Waals surface area contributed by atoms with Crippen molar-refractivity contribution in [2.75, 3.05) is 18.4 Å². The van der Waals surface area contributed by atoms with Crippen molar-refractivity contribution in [3.05, 3.63) is 59.9 Å². The maximum Gasteiger partial charge on any atom is 0.255 e. The molecule has 0 aromatic heterocycles. The molecule has 0 atom stereocenters. The number of rotatable bonds is 4. The van der Waals surface area contributed by atoms with Gasteiger partial charge in [-0.15, -0.1) is 0 Å². The van der Waals surface area contributed by atoms with Crippen molar-refractivity contribution in [1.29, 1.82) is 0 Å². The van der Waals surface area contributed by atoms with Crippen molar-refractivity contribution in [3.63, 3.8) is 0 Å². The summed E-state index contributed by atoms with van der Waals surface area (Å²) in [7, 11) is -3.62. The predicted molar refractivity (Wildman–Crippen MR) is 98.0 cm³/mol. The van der Waals surface area contributed by atoms with Crippen molar-refractivity contribution in [2.45, 2.75) is 24.7 Å². The van der Waals surface area contributed by atoms with E-state index >= 15 is 0 Å². The first-order valence-corrected chi connectivity index (χ1v) is 9.97. The smallest absolute Gasteiger partial charge is 0.255 e. The van der Waals surface area contributed by atoms with Gasteiger partial charge in [-0.3, -0.25) is 4.79 Å². The largest absolute Gasteiger partial charge is 0.322 e. The van der Waals surface area contributed by atoms with E-state index in [-0.39, 0.29) is 10.5 Å². The number of carbonyl (C=O) groups excluding carboxylic acids is 1. The molecular weight excluding hydrogens is 355 g/mol. The van der Waals surface area contributed by atoms with E-state index in [2.05, 4.69) is 12.2 Å². The average molecular weight is 376 g/mol. The first kappa shape index (κ1) is 18.5. The molecular formula is C19H21FN2O3S. The Kier molecular flexibility index (Phi) is 5.38. The molecule has 26 heavy (non-hydrogen) atoms. The fourth-order valence-corrected chi connectivity index (χ4v) is 4.42. The van der Waals surface area contributed by atoms with E-state index in [9.17, 15) is 17.6 Å². The Morgan fingerprint density at radius 2 is 1.77 bits per heavy atom. The maximum atomic E-state index is 12.9. The molecule has 2 aromatic rings. The van der Waals surface area contributed by atoms with Crippen LogP contribution in [0.15, 0.2) is 53.4 Å². The summed E-state index contributed by atoms with van der Waals surface area (Å²) in [6, 6.07) is 11.4. The maximum absolute atomic E-state index is 12.9. The first-order valence-electron chi connectivity index (χ1n) is 8.53. The third-order valence-corrected chi connectivity index (χ3v) is 6.47. The Balaban J connectivity index is 1.79. The summed E-state index contributed by atoms with van der Waals surface area (Å²) in [6.07, 6.45) is 1.67. The average Bonchev–Trinajstić information content (AvgIpc) is 2.64. The molecule has 7 heteroatoms. The highest BCUT2D eigenvalue weighted by Gasteiger charge is 2.28. The highest BCUT2D eigenvalue weighted by atomic mass is 32.2. The highest BCUT2D eigenvalue weighted by molar-refractivity contribution is 7.89. The lowest BCUT2D eigenvalue weighted by atomic mass is 10.0. The topological polar surface area (TPSA) is 66.5 Å². The summed E-state index contributed by atoms with van der Waals surface area (Å²) in [5.74, 6) is -0.317. The lowest BCUT2D eigenvalue weighted by molar-refractivity contribution is 0.102. The quantitative estimate of drug-likeness (QED) is 0.888. The van der Waals surface area contributed by atoms with Gasteiger partial charge in [-0.05, 0) is 61.2 Å². The second-order valence-electron chi connectivity index (χ2n) is 6.58. The van der Waals surface area contributed by atoms with E-state index in [1.807, 2.05) is 0 Å². The van der Waals surface area contributed by atoms with Crippen LogP contribution in [0.5, 0.6) is 0 Å². The SMILES string of the molecule is CC1CCN(S(=O)(=O)c2cccc(C(=O)Nc3ccc(F)cc3)c2)CC1. The Labute approximate surface area is 152 Å². The van der Waals surface area contributed by atoms with Crippen molar-refractivity contribution in [1.82, 2.24) is 4.31 Å². The van der Waals surface area contributed by atoms with E-state index in [4.69, 9.17) is 0 Å². The molecule has 0 bridgehead atoms. The second-order valence-corrected chi connectivity index (χ2v) is 8.51. The molecule has 1 aliphatic heterocycles. The van der Waals surface area contributed by atoms with Crippen LogP contribution in [0.2, 0.25) is 0 Å². The van der Waals surface area contributed by atoms with E-state index < -0.39 is 21.7 Å². The van der Waals surface area contributed by atoms with Gasteiger partial charge in [-0.2, -0.15) is 4.31 Å². The van der Waals surface area contributed by atoms with Crippen molar-refractivity contribution in [3.8, 4) is 0 Å². The number of nitrogens with zero attached hydrogens (tertiary/aromatic N) is 1. The molecule has 0 saturated carbocycles. The summed E-state index contributed by atoms with van der Waals surface area (Å²) in [4.78, 5) is 12.5. The summed E-state index contributed by atoms with van der Waals surface area (Å²) < 4.78 is 40.1. The number of halogens is 1. The lowest BCUT2D eigenvalue weighted by Gasteiger charge is -2.29. The van der Waals surface area contributed by atoms with E-state index in [1.54, 1.807) is 12.1 Å². The molecule has 1 amide bonds. The number of hydrogen-bond donors (Lipinski definition) is 1. The van der Waals surface area contributed by atoms with Crippen LogP contribution >= 0.6 is 0 Å². The lowest BCUT2D eigenvalue weighted by Crippen LogP contribution is -2.37. The zero-order valence-corrected chi connectivity index (χ0v) is 15.3. The molecule has 1 saturated heterocycles. The standard InChI is InChI=1S/C19H21FN2O3S/c1-14-9-11-22(12-10-14)26(24,25)18-4-2-3-15(13-18)19(23)21-17-7-5-16(20)6-8-17/h2-8,13-14H,9-12H2,1H3,(H,21,23). The van der Waals surface area contributed by atoms with E-state index in [0.717, 1.165) is 12.8 Å². The van der Waals surface area contributed by atoms with Crippen LogP contribution < -0.4 is 5.32 Å². The minimum atomic E-state index is -3.62. The zero-order chi connectivity index (χ0) is 18.7. The molecule has 1 aliphatic rings. The number of amides is 1. The number of piperidine rings is 1. The fourth-order valence-electron chi connectivity index (χ4n) is 2.91. The zero-order valence-electron chi connectivity index (χ0n) is 14.5. The highest BCUT2D eigenvalue weighted by Crippen LogP contribution is 2.24. The second kappa shape index (κ2) is 7.55. The number of benzene rings is 2. The van der Waals surface area contributed by atoms with Crippen molar-refractivity contribution in [2.24, 2.45) is 5.92 Å². The molecule has 0 radical (unpaired) electrons. The molecule has 138 valence electrons. The van der Waals surface area contributed by atoms with Gasteiger partial charge in [0.05, 0.1) is 4.90 Å². The van der Waals surface area contributed by atoms with Gasteiger partial charge in [0.1, 0.15) is 5.82 Å². The van der Waals surface area contributed by atoms with Gasteiger partial charge in [0, 0.05) is 24.3 Å². The molecule has 1 N–H and O–H groups in total. The monoisotopic (exact) mass is 376 g/mol. The van der Waals surface area contributed by atoms with Crippen molar-refractivity contribution >= 4 is 21.6 Å². The van der Waals surface area contributed by atoms with Gasteiger partial charge in [0.25, 0.3) is 5.91 Å². The Bertz CT molecular complexity index is 889. The molecule has 1 fully saturated rings. The van der Waals surface area contributed by atoms with Crippen LogP contribution in [0.1, 0.15) is 30.1 Å². The Morgan fingerprint density at radius 1 is 1.12 bits per heavy atom. The molecule has 5 nitrogen and oxygen atoms in total. The number of anilines is 1. The van der Waals surface area contributed by atoms with Crippen LogP contribution in [0.4, 0.5) is 10.1 Å². The Hall–Kier alpha value is -2.25. The minimum Gasteiger partial charge on any atom is -0.322 e. The van der Waals surface area contributed by atoms with Crippen molar-refractivity contribution < 1.29 is 17.6 Å². The van der Waals surface area contributed by atoms with Gasteiger partial charge in [-0.1, -0.05) is 13.0 Å². The third-order valence-electron chi connectivity index (χ3n) is 4.58. The number of nitrogens with one attached hydrogen (secondary N) is 1. The van der Waals surface area contributed by atoms with Gasteiger partial charge < -0.3 is 5.32 Å². The van der Waals surface area contributed by atoms with Gasteiger partial charge in [0.2, 0.25) is 10.0 Å². The van der Waals surface area contributed by atoms with Gasteiger partial charge in [-0.25, -0.2) is 12.8 Å². The van der Waals surface area contributed by atoms with Gasteiger partial charge >= 0.3 is 0 Å². The molecule has 1 heterocycles. The predicted octanol–water partition coefficient (Wildman–Crippen LogP) is 3.50. The summed E-state index contributed by atoms with van der Waals surface area (Å²) in [5.41, 5.74) is 0.676. The molecule has 3 rings (SSSR count). The number of carbonyl (C=O) groups is 1. The summed E-state index contributed by atoms with van der Waals surface area (Å²) in [5, 5.41) is 2.64. The molecule has 2 aromatic carbocycles. The van der Waals surface area contributed by atoms with Crippen LogP contribution in [0.3, 0.4) is 0 Å². The van der Waals surface area contributed by atoms with Crippen LogP contribution in [0, 0.1) is 11.7 Å². The first-order chi connectivity index (χ1) is 12.4. The molecule has 0 spiro atoms. The summed E-state index contributed by atoms with van der Waals surface area (Å²) >= 11 is 0. The normalized spacial score (nSPS) is 16.4.